The summed E-state index contributed by atoms with van der Waals surface area (Å²) >= 11 is 6.44. The molecule has 1 heterocycles. The van der Waals surface area contributed by atoms with E-state index in [1.54, 1.807) is 4.90 Å². The first kappa shape index (κ1) is 27.0. The first-order chi connectivity index (χ1) is 18.0. The Bertz CT molecular complexity index is 1170. The van der Waals surface area contributed by atoms with Gasteiger partial charge in [-0.25, -0.2) is 0 Å². The highest BCUT2D eigenvalue weighted by atomic mass is 35.5. The second-order valence-corrected chi connectivity index (χ2v) is 10.5. The average Bonchev–Trinajstić information content (AvgIpc) is 3.38. The molecule has 1 fully saturated rings. The van der Waals surface area contributed by atoms with Crippen LogP contribution in [0.1, 0.15) is 74.0 Å². The molecule has 5 nitrogen and oxygen atoms in total. The standard InChI is InChI=1S/C31H38ClN3O2/c1-3-24(2)34(31(37)25-13-6-4-7-14-25)23-30(36)35(27-16-8-5-9-17-27)22-28-18-12-20-33(28)21-26-15-10-11-19-29(26)32/h4,6-7,10-15,18-20,24,27H,3,5,8-9,16-17,21-23H2,1-2H3. The first-order valence-electron chi connectivity index (χ1n) is 13.5. The maximum atomic E-state index is 14.0. The zero-order chi connectivity index (χ0) is 26.2. The number of hydrogen-bond acceptors (Lipinski definition) is 2. The third kappa shape index (κ3) is 6.84. The normalized spacial score (nSPS) is 14.8. The van der Waals surface area contributed by atoms with Crippen LogP contribution in [0.2, 0.25) is 5.02 Å². The molecule has 3 aromatic rings. The summed E-state index contributed by atoms with van der Waals surface area (Å²) in [5.74, 6) is -0.0732. The van der Waals surface area contributed by atoms with Crippen molar-refractivity contribution in [3.8, 4) is 0 Å². The van der Waals surface area contributed by atoms with Gasteiger partial charge in [0, 0.05) is 41.1 Å². The molecule has 1 atom stereocenters. The molecule has 0 bridgehead atoms. The number of carbonyl (C=O) groups is 2. The molecule has 1 unspecified atom stereocenters. The Balaban J connectivity index is 1.57. The minimum atomic E-state index is -0.0889. The van der Waals surface area contributed by atoms with Gasteiger partial charge in [-0.2, -0.15) is 0 Å². The van der Waals surface area contributed by atoms with Crippen molar-refractivity contribution in [1.29, 1.82) is 0 Å². The maximum Gasteiger partial charge on any atom is 0.254 e. The molecule has 37 heavy (non-hydrogen) atoms. The highest BCUT2D eigenvalue weighted by molar-refractivity contribution is 6.31. The number of nitrogens with zero attached hydrogens (tertiary/aromatic N) is 3. The summed E-state index contributed by atoms with van der Waals surface area (Å²) in [7, 11) is 0. The largest absolute Gasteiger partial charge is 0.345 e. The van der Waals surface area contributed by atoms with Crippen molar-refractivity contribution in [2.75, 3.05) is 6.54 Å². The Labute approximate surface area is 226 Å². The van der Waals surface area contributed by atoms with Gasteiger partial charge in [-0.15, -0.1) is 0 Å². The van der Waals surface area contributed by atoms with Gasteiger partial charge in [-0.3, -0.25) is 9.59 Å². The van der Waals surface area contributed by atoms with Gasteiger partial charge >= 0.3 is 0 Å². The number of carbonyl (C=O) groups excluding carboxylic acids is 2. The first-order valence-corrected chi connectivity index (χ1v) is 13.9. The number of hydrogen-bond donors (Lipinski definition) is 0. The lowest BCUT2D eigenvalue weighted by Crippen LogP contribution is -2.49. The van der Waals surface area contributed by atoms with Crippen LogP contribution in [0.5, 0.6) is 0 Å². The van der Waals surface area contributed by atoms with Crippen LogP contribution in [0.25, 0.3) is 0 Å². The van der Waals surface area contributed by atoms with Crippen LogP contribution >= 0.6 is 11.6 Å². The zero-order valence-electron chi connectivity index (χ0n) is 22.0. The van der Waals surface area contributed by atoms with Gasteiger partial charge < -0.3 is 14.4 Å². The SMILES string of the molecule is CCC(C)N(CC(=O)N(Cc1cccn1Cc1ccccc1Cl)C1CCCCC1)C(=O)c1ccccc1. The summed E-state index contributed by atoms with van der Waals surface area (Å²) in [5, 5.41) is 0.742. The Morgan fingerprint density at radius 2 is 1.68 bits per heavy atom. The van der Waals surface area contributed by atoms with Crippen molar-refractivity contribution in [3.63, 3.8) is 0 Å². The van der Waals surface area contributed by atoms with E-state index in [0.717, 1.165) is 48.4 Å². The molecule has 2 amide bonds. The quantitative estimate of drug-likeness (QED) is 0.296. The van der Waals surface area contributed by atoms with Crippen LogP contribution < -0.4 is 0 Å². The second-order valence-electron chi connectivity index (χ2n) is 10.1. The predicted octanol–water partition coefficient (Wildman–Crippen LogP) is 6.79. The monoisotopic (exact) mass is 519 g/mol. The highest BCUT2D eigenvalue weighted by Gasteiger charge is 2.30. The average molecular weight is 520 g/mol. The Morgan fingerprint density at radius 1 is 0.973 bits per heavy atom. The number of benzene rings is 2. The lowest BCUT2D eigenvalue weighted by Gasteiger charge is -2.37. The van der Waals surface area contributed by atoms with Crippen molar-refractivity contribution in [1.82, 2.24) is 14.4 Å². The molecular weight excluding hydrogens is 482 g/mol. The molecule has 0 N–H and O–H groups in total. The molecule has 0 radical (unpaired) electrons. The van der Waals surface area contributed by atoms with Crippen LogP contribution in [0.4, 0.5) is 0 Å². The lowest BCUT2D eigenvalue weighted by molar-refractivity contribution is -0.136. The van der Waals surface area contributed by atoms with E-state index in [1.807, 2.05) is 78.7 Å². The van der Waals surface area contributed by atoms with Crippen LogP contribution in [0.15, 0.2) is 72.9 Å². The van der Waals surface area contributed by atoms with E-state index < -0.39 is 0 Å². The van der Waals surface area contributed by atoms with E-state index in [9.17, 15) is 9.59 Å². The second kappa shape index (κ2) is 13.0. The summed E-state index contributed by atoms with van der Waals surface area (Å²) in [4.78, 5) is 31.2. The molecule has 1 aliphatic carbocycles. The number of amides is 2. The predicted molar refractivity (Wildman–Crippen MR) is 150 cm³/mol. The molecule has 4 rings (SSSR count). The Hall–Kier alpha value is -3.05. The topological polar surface area (TPSA) is 45.6 Å². The minimum Gasteiger partial charge on any atom is -0.345 e. The van der Waals surface area contributed by atoms with Crippen LogP contribution in [-0.2, 0) is 17.9 Å². The molecule has 2 aromatic carbocycles. The third-order valence-corrected chi connectivity index (χ3v) is 7.97. The Kier molecular flexibility index (Phi) is 9.45. The van der Waals surface area contributed by atoms with Gasteiger partial charge in [-0.05, 0) is 62.1 Å². The molecule has 6 heteroatoms. The van der Waals surface area contributed by atoms with Gasteiger partial charge in [0.25, 0.3) is 5.91 Å². The Morgan fingerprint density at radius 3 is 2.38 bits per heavy atom. The third-order valence-electron chi connectivity index (χ3n) is 7.60. The van der Waals surface area contributed by atoms with Gasteiger partial charge in [0.15, 0.2) is 0 Å². The van der Waals surface area contributed by atoms with Crippen molar-refractivity contribution in [2.45, 2.75) is 77.5 Å². The molecule has 0 saturated heterocycles. The van der Waals surface area contributed by atoms with Crippen molar-refractivity contribution in [2.24, 2.45) is 0 Å². The van der Waals surface area contributed by atoms with Crippen molar-refractivity contribution < 1.29 is 9.59 Å². The zero-order valence-corrected chi connectivity index (χ0v) is 22.7. The summed E-state index contributed by atoms with van der Waals surface area (Å²) in [5.41, 5.74) is 2.74. The van der Waals surface area contributed by atoms with Crippen LogP contribution in [0, 0.1) is 0 Å². The summed E-state index contributed by atoms with van der Waals surface area (Å²) in [6.45, 7) is 5.34. The summed E-state index contributed by atoms with van der Waals surface area (Å²) in [6.07, 6.45) is 8.33. The van der Waals surface area contributed by atoms with Crippen LogP contribution in [-0.4, -0.2) is 44.8 Å². The van der Waals surface area contributed by atoms with Gasteiger partial charge in [0.2, 0.25) is 5.91 Å². The van der Waals surface area contributed by atoms with E-state index in [-0.39, 0.29) is 30.4 Å². The number of rotatable bonds is 10. The summed E-state index contributed by atoms with van der Waals surface area (Å²) in [6, 6.07) is 21.4. The van der Waals surface area contributed by atoms with Crippen molar-refractivity contribution >= 4 is 23.4 Å². The summed E-state index contributed by atoms with van der Waals surface area (Å²) < 4.78 is 2.17. The molecule has 1 saturated carbocycles. The number of halogens is 1. The van der Waals surface area contributed by atoms with Crippen molar-refractivity contribution in [3.05, 3.63) is 94.8 Å². The fourth-order valence-electron chi connectivity index (χ4n) is 5.18. The molecule has 0 aliphatic heterocycles. The molecule has 1 aliphatic rings. The molecule has 1 aromatic heterocycles. The van der Waals surface area contributed by atoms with Gasteiger partial charge in [-0.1, -0.05) is 74.2 Å². The van der Waals surface area contributed by atoms with E-state index in [1.165, 1.54) is 6.42 Å². The highest BCUT2D eigenvalue weighted by Crippen LogP contribution is 2.26. The van der Waals surface area contributed by atoms with Gasteiger partial charge in [0.05, 0.1) is 6.54 Å². The number of aromatic nitrogens is 1. The van der Waals surface area contributed by atoms with E-state index >= 15 is 0 Å². The van der Waals surface area contributed by atoms with E-state index in [0.29, 0.717) is 18.7 Å². The smallest absolute Gasteiger partial charge is 0.254 e. The maximum absolute atomic E-state index is 14.0. The lowest BCUT2D eigenvalue weighted by atomic mass is 9.94. The van der Waals surface area contributed by atoms with E-state index in [2.05, 4.69) is 17.6 Å². The van der Waals surface area contributed by atoms with Crippen LogP contribution in [0.3, 0.4) is 0 Å². The fraction of sp³-hybridized carbons (Fsp3) is 0.419. The fourth-order valence-corrected chi connectivity index (χ4v) is 5.37. The minimum absolute atomic E-state index is 0.0157. The molecule has 0 spiro atoms. The molecule has 196 valence electrons. The van der Waals surface area contributed by atoms with Gasteiger partial charge in [0.1, 0.15) is 6.54 Å². The van der Waals surface area contributed by atoms with E-state index in [4.69, 9.17) is 11.6 Å². The molecular formula is C31H38ClN3O2.